The standard InChI is InChI=1S/C17H14N4O2/c22-17(12-5-2-1-3-6-12)21-10-8-14(21)16-19-15(20-23-16)13-7-4-9-18-11-13/h1-7,9,11,14H,8,10H2. The first-order valence-corrected chi connectivity index (χ1v) is 7.43. The quantitative estimate of drug-likeness (QED) is 0.744. The summed E-state index contributed by atoms with van der Waals surface area (Å²) in [5.74, 6) is 0.953. The number of rotatable bonds is 3. The summed E-state index contributed by atoms with van der Waals surface area (Å²) in [4.78, 5) is 22.7. The van der Waals surface area contributed by atoms with Crippen LogP contribution in [0.3, 0.4) is 0 Å². The number of amides is 1. The molecule has 1 atom stereocenters. The molecule has 3 aromatic rings. The Balaban J connectivity index is 1.55. The van der Waals surface area contributed by atoms with Gasteiger partial charge in [-0.3, -0.25) is 9.78 Å². The van der Waals surface area contributed by atoms with Crippen LogP contribution >= 0.6 is 0 Å². The average molecular weight is 306 g/mol. The number of nitrogens with zero attached hydrogens (tertiary/aromatic N) is 4. The van der Waals surface area contributed by atoms with Crippen molar-refractivity contribution in [3.05, 3.63) is 66.3 Å². The zero-order valence-electron chi connectivity index (χ0n) is 12.3. The van der Waals surface area contributed by atoms with E-state index in [1.54, 1.807) is 17.3 Å². The van der Waals surface area contributed by atoms with E-state index in [1.807, 2.05) is 42.5 Å². The van der Waals surface area contributed by atoms with Crippen LogP contribution in [-0.2, 0) is 0 Å². The highest BCUT2D eigenvalue weighted by Crippen LogP contribution is 2.34. The van der Waals surface area contributed by atoms with Crippen LogP contribution < -0.4 is 0 Å². The van der Waals surface area contributed by atoms with Crippen molar-refractivity contribution in [1.29, 1.82) is 0 Å². The minimum atomic E-state index is -0.152. The molecule has 1 aliphatic heterocycles. The third kappa shape index (κ3) is 2.48. The van der Waals surface area contributed by atoms with Gasteiger partial charge in [-0.1, -0.05) is 23.4 Å². The highest BCUT2D eigenvalue weighted by atomic mass is 16.5. The molecule has 1 amide bonds. The molecular weight excluding hydrogens is 292 g/mol. The monoisotopic (exact) mass is 306 g/mol. The van der Waals surface area contributed by atoms with Crippen LogP contribution in [-0.4, -0.2) is 32.5 Å². The fraction of sp³-hybridized carbons (Fsp3) is 0.176. The van der Waals surface area contributed by atoms with Gasteiger partial charge in [-0.25, -0.2) is 0 Å². The number of carbonyl (C=O) groups is 1. The van der Waals surface area contributed by atoms with Crippen molar-refractivity contribution in [2.45, 2.75) is 12.5 Å². The van der Waals surface area contributed by atoms with Crippen LogP contribution in [0.4, 0.5) is 0 Å². The Morgan fingerprint density at radius 2 is 2.04 bits per heavy atom. The summed E-state index contributed by atoms with van der Waals surface area (Å²) in [7, 11) is 0. The maximum Gasteiger partial charge on any atom is 0.254 e. The van der Waals surface area contributed by atoms with E-state index in [1.165, 1.54) is 0 Å². The molecule has 0 bridgehead atoms. The van der Waals surface area contributed by atoms with E-state index in [9.17, 15) is 4.79 Å². The van der Waals surface area contributed by atoms with Crippen LogP contribution in [0.1, 0.15) is 28.7 Å². The zero-order valence-corrected chi connectivity index (χ0v) is 12.3. The van der Waals surface area contributed by atoms with Gasteiger partial charge in [0, 0.05) is 30.1 Å². The van der Waals surface area contributed by atoms with Crippen molar-refractivity contribution in [3.8, 4) is 11.4 Å². The molecule has 0 saturated carbocycles. The predicted octanol–water partition coefficient (Wildman–Crippen LogP) is 2.72. The first-order chi connectivity index (χ1) is 11.3. The normalized spacial score (nSPS) is 16.9. The first-order valence-electron chi connectivity index (χ1n) is 7.43. The summed E-state index contributed by atoms with van der Waals surface area (Å²) in [6.45, 7) is 0.697. The molecule has 1 fully saturated rings. The number of carbonyl (C=O) groups excluding carboxylic acids is 1. The third-order valence-electron chi connectivity index (χ3n) is 3.95. The lowest BCUT2D eigenvalue weighted by molar-refractivity contribution is 0.0379. The Labute approximate surface area is 132 Å². The molecule has 3 heterocycles. The minimum Gasteiger partial charge on any atom is -0.337 e. The summed E-state index contributed by atoms with van der Waals surface area (Å²) < 4.78 is 5.36. The van der Waals surface area contributed by atoms with Crippen molar-refractivity contribution in [2.24, 2.45) is 0 Å². The highest BCUT2D eigenvalue weighted by molar-refractivity contribution is 5.94. The van der Waals surface area contributed by atoms with Gasteiger partial charge in [-0.15, -0.1) is 0 Å². The van der Waals surface area contributed by atoms with Crippen LogP contribution in [0, 0.1) is 0 Å². The molecule has 4 rings (SSSR count). The summed E-state index contributed by atoms with van der Waals surface area (Å²) in [5.41, 5.74) is 1.46. The van der Waals surface area contributed by atoms with Crippen molar-refractivity contribution in [3.63, 3.8) is 0 Å². The number of likely N-dealkylation sites (tertiary alicyclic amines) is 1. The van der Waals surface area contributed by atoms with Gasteiger partial charge in [0.1, 0.15) is 6.04 Å². The molecule has 1 aromatic carbocycles. The summed E-state index contributed by atoms with van der Waals surface area (Å²) in [6, 6.07) is 12.8. The number of hydrogen-bond donors (Lipinski definition) is 0. The Morgan fingerprint density at radius 1 is 1.17 bits per heavy atom. The number of pyridine rings is 1. The van der Waals surface area contributed by atoms with Gasteiger partial charge in [0.15, 0.2) is 0 Å². The van der Waals surface area contributed by atoms with Gasteiger partial charge in [-0.05, 0) is 30.7 Å². The van der Waals surface area contributed by atoms with E-state index >= 15 is 0 Å². The molecular formula is C17H14N4O2. The molecule has 6 heteroatoms. The fourth-order valence-electron chi connectivity index (χ4n) is 2.62. The van der Waals surface area contributed by atoms with Crippen molar-refractivity contribution < 1.29 is 9.32 Å². The molecule has 0 spiro atoms. The molecule has 0 aliphatic carbocycles. The van der Waals surface area contributed by atoms with Crippen LogP contribution in [0.5, 0.6) is 0 Å². The lowest BCUT2D eigenvalue weighted by Gasteiger charge is -2.38. The van der Waals surface area contributed by atoms with E-state index in [-0.39, 0.29) is 11.9 Å². The SMILES string of the molecule is O=C(c1ccccc1)N1CCC1c1nc(-c2cccnc2)no1. The van der Waals surface area contributed by atoms with Gasteiger partial charge in [0.2, 0.25) is 11.7 Å². The van der Waals surface area contributed by atoms with E-state index in [0.29, 0.717) is 23.8 Å². The van der Waals surface area contributed by atoms with Gasteiger partial charge < -0.3 is 9.42 Å². The molecule has 2 aromatic heterocycles. The second-order valence-electron chi connectivity index (χ2n) is 5.37. The van der Waals surface area contributed by atoms with Gasteiger partial charge in [0.05, 0.1) is 0 Å². The Hall–Kier alpha value is -3.02. The highest BCUT2D eigenvalue weighted by Gasteiger charge is 2.37. The summed E-state index contributed by atoms with van der Waals surface area (Å²) in [5, 5.41) is 3.99. The van der Waals surface area contributed by atoms with Crippen LogP contribution in [0.2, 0.25) is 0 Å². The van der Waals surface area contributed by atoms with Crippen molar-refractivity contribution in [1.82, 2.24) is 20.0 Å². The average Bonchev–Trinajstić information content (AvgIpc) is 3.05. The molecule has 0 radical (unpaired) electrons. The van der Waals surface area contributed by atoms with Crippen molar-refractivity contribution in [2.75, 3.05) is 6.54 Å². The fourth-order valence-corrected chi connectivity index (χ4v) is 2.62. The third-order valence-corrected chi connectivity index (χ3v) is 3.95. The van der Waals surface area contributed by atoms with Crippen LogP contribution in [0.15, 0.2) is 59.4 Å². The smallest absolute Gasteiger partial charge is 0.254 e. The van der Waals surface area contributed by atoms with E-state index in [2.05, 4.69) is 15.1 Å². The maximum atomic E-state index is 12.5. The van der Waals surface area contributed by atoms with E-state index in [0.717, 1.165) is 12.0 Å². The predicted molar refractivity (Wildman–Crippen MR) is 82.4 cm³/mol. The molecule has 6 nitrogen and oxygen atoms in total. The Morgan fingerprint density at radius 3 is 2.74 bits per heavy atom. The van der Waals surface area contributed by atoms with Crippen molar-refractivity contribution >= 4 is 5.91 Å². The minimum absolute atomic E-state index is 0.0111. The van der Waals surface area contributed by atoms with E-state index < -0.39 is 0 Å². The Kier molecular flexibility index (Phi) is 3.34. The number of aromatic nitrogens is 3. The number of benzene rings is 1. The molecule has 23 heavy (non-hydrogen) atoms. The Bertz CT molecular complexity index is 817. The first kappa shape index (κ1) is 13.6. The molecule has 1 unspecified atom stereocenters. The molecule has 1 aliphatic rings. The lowest BCUT2D eigenvalue weighted by atomic mass is 10.0. The topological polar surface area (TPSA) is 72.1 Å². The number of hydrogen-bond acceptors (Lipinski definition) is 5. The second kappa shape index (κ2) is 5.64. The maximum absolute atomic E-state index is 12.5. The van der Waals surface area contributed by atoms with Crippen LogP contribution in [0.25, 0.3) is 11.4 Å². The molecule has 114 valence electrons. The summed E-state index contributed by atoms with van der Waals surface area (Å²) in [6.07, 6.45) is 4.20. The van der Waals surface area contributed by atoms with E-state index in [4.69, 9.17) is 4.52 Å². The second-order valence-corrected chi connectivity index (χ2v) is 5.37. The van der Waals surface area contributed by atoms with Gasteiger partial charge >= 0.3 is 0 Å². The largest absolute Gasteiger partial charge is 0.337 e. The van der Waals surface area contributed by atoms with Gasteiger partial charge in [-0.2, -0.15) is 4.98 Å². The lowest BCUT2D eigenvalue weighted by Crippen LogP contribution is -2.45. The zero-order chi connectivity index (χ0) is 15.6. The molecule has 0 N–H and O–H groups in total. The molecule has 1 saturated heterocycles. The van der Waals surface area contributed by atoms with Gasteiger partial charge in [0.25, 0.3) is 5.91 Å². The summed E-state index contributed by atoms with van der Waals surface area (Å²) >= 11 is 0.